The molecule has 0 bridgehead atoms. The van der Waals surface area contributed by atoms with E-state index in [1.54, 1.807) is 6.21 Å². The molecule has 1 unspecified atom stereocenters. The normalized spacial score (nSPS) is 34.3. The minimum atomic E-state index is -0.459. The van der Waals surface area contributed by atoms with Crippen molar-refractivity contribution in [2.45, 2.75) is 19.5 Å². The average molecular weight is 125 g/mol. The van der Waals surface area contributed by atoms with Crippen LogP contribution < -0.4 is 5.73 Å². The Balaban J connectivity index is 2.78. The van der Waals surface area contributed by atoms with Gasteiger partial charge in [0.25, 0.3) is 0 Å². The van der Waals surface area contributed by atoms with Crippen molar-refractivity contribution in [1.82, 2.24) is 0 Å². The van der Waals surface area contributed by atoms with Crippen molar-refractivity contribution in [3.05, 3.63) is 0 Å². The van der Waals surface area contributed by atoms with Gasteiger partial charge in [0.15, 0.2) is 0 Å². The second kappa shape index (κ2) is 1.92. The van der Waals surface area contributed by atoms with Gasteiger partial charge >= 0.3 is 0 Å². The number of rotatable bonds is 0. The molecule has 1 rings (SSSR count). The summed E-state index contributed by atoms with van der Waals surface area (Å²) < 4.78 is 0. The third kappa shape index (κ3) is 1.61. The third-order valence-electron chi connectivity index (χ3n) is 1.12. The zero-order chi connectivity index (χ0) is 6.91. The molecule has 0 aromatic rings. The van der Waals surface area contributed by atoms with Gasteiger partial charge in [0.1, 0.15) is 5.66 Å². The Morgan fingerprint density at radius 2 is 2.44 bits per heavy atom. The molecule has 0 aromatic carbocycles. The Hall–Kier alpha value is -0.700. The molecule has 50 valence electrons. The largest absolute Gasteiger partial charge is 0.306 e. The van der Waals surface area contributed by atoms with Crippen LogP contribution in [0, 0.1) is 0 Å². The summed E-state index contributed by atoms with van der Waals surface area (Å²) in [5.74, 6) is 0. The lowest BCUT2D eigenvalue weighted by atomic mass is 10.2. The van der Waals surface area contributed by atoms with E-state index in [-0.39, 0.29) is 0 Å². The van der Waals surface area contributed by atoms with Crippen LogP contribution in [-0.2, 0) is 0 Å². The fraction of sp³-hybridized carbons (Fsp3) is 0.667. The second-order valence-corrected chi connectivity index (χ2v) is 2.58. The van der Waals surface area contributed by atoms with E-state index in [0.29, 0.717) is 6.54 Å². The molecule has 1 heterocycles. The molecule has 0 radical (unpaired) electrons. The smallest absolute Gasteiger partial charge is 0.125 e. The first kappa shape index (κ1) is 6.42. The number of nitrogens with zero attached hydrogens (tertiary/aromatic N) is 2. The first-order chi connectivity index (χ1) is 4.10. The van der Waals surface area contributed by atoms with Crippen molar-refractivity contribution < 1.29 is 0 Å². The van der Waals surface area contributed by atoms with Gasteiger partial charge in [0.05, 0.1) is 12.3 Å². The van der Waals surface area contributed by atoms with Crippen molar-refractivity contribution in [2.24, 2.45) is 15.7 Å². The van der Waals surface area contributed by atoms with Crippen LogP contribution in [0.15, 0.2) is 9.98 Å². The summed E-state index contributed by atoms with van der Waals surface area (Å²) >= 11 is 0. The van der Waals surface area contributed by atoms with E-state index in [1.165, 1.54) is 0 Å². The van der Waals surface area contributed by atoms with Gasteiger partial charge in [-0.15, -0.1) is 0 Å². The van der Waals surface area contributed by atoms with Crippen LogP contribution in [-0.4, -0.2) is 24.1 Å². The third-order valence-corrected chi connectivity index (χ3v) is 1.12. The highest BCUT2D eigenvalue weighted by molar-refractivity contribution is 6.29. The molecule has 0 saturated heterocycles. The SMILES string of the molecule is CC1=NC(C)(N)CN=C1. The lowest BCUT2D eigenvalue weighted by molar-refractivity contribution is 0.505. The molecule has 1 aliphatic rings. The minimum absolute atomic E-state index is 0.459. The van der Waals surface area contributed by atoms with Crippen LogP contribution in [0.2, 0.25) is 0 Å². The molecule has 9 heavy (non-hydrogen) atoms. The molecule has 3 nitrogen and oxygen atoms in total. The zero-order valence-corrected chi connectivity index (χ0v) is 5.76. The van der Waals surface area contributed by atoms with Gasteiger partial charge < -0.3 is 5.73 Å². The van der Waals surface area contributed by atoms with Gasteiger partial charge in [-0.05, 0) is 13.8 Å². The minimum Gasteiger partial charge on any atom is -0.306 e. The summed E-state index contributed by atoms with van der Waals surface area (Å²) in [6.45, 7) is 4.37. The molecule has 0 aromatic heterocycles. The first-order valence-corrected chi connectivity index (χ1v) is 2.95. The van der Waals surface area contributed by atoms with E-state index in [1.807, 2.05) is 13.8 Å². The molecule has 3 heteroatoms. The van der Waals surface area contributed by atoms with Crippen LogP contribution in [0.5, 0.6) is 0 Å². The molecule has 2 N–H and O–H groups in total. The first-order valence-electron chi connectivity index (χ1n) is 2.95. The molecular weight excluding hydrogens is 114 g/mol. The number of hydrogen-bond acceptors (Lipinski definition) is 3. The Morgan fingerprint density at radius 3 is 2.78 bits per heavy atom. The quantitative estimate of drug-likeness (QED) is 0.494. The molecule has 0 amide bonds. The molecule has 1 atom stereocenters. The van der Waals surface area contributed by atoms with Gasteiger partial charge in [0, 0.05) is 6.21 Å². The van der Waals surface area contributed by atoms with E-state index < -0.39 is 5.66 Å². The number of aliphatic imine (C=N–C) groups is 2. The lowest BCUT2D eigenvalue weighted by Gasteiger charge is -2.20. The van der Waals surface area contributed by atoms with Crippen molar-refractivity contribution >= 4 is 11.9 Å². The van der Waals surface area contributed by atoms with E-state index in [9.17, 15) is 0 Å². The number of nitrogens with two attached hydrogens (primary N) is 1. The summed E-state index contributed by atoms with van der Waals surface area (Å²) in [7, 11) is 0. The van der Waals surface area contributed by atoms with E-state index >= 15 is 0 Å². The Morgan fingerprint density at radius 1 is 1.78 bits per heavy atom. The van der Waals surface area contributed by atoms with Crippen molar-refractivity contribution in [2.75, 3.05) is 6.54 Å². The lowest BCUT2D eigenvalue weighted by Crippen LogP contribution is -2.40. The molecule has 0 aliphatic carbocycles. The highest BCUT2D eigenvalue weighted by Crippen LogP contribution is 2.05. The predicted molar refractivity (Wildman–Crippen MR) is 39.1 cm³/mol. The standard InChI is InChI=1S/C6H11N3/c1-5-3-8-4-6(2,7)9-5/h3H,4,7H2,1-2H3. The fourth-order valence-corrected chi connectivity index (χ4v) is 0.830. The van der Waals surface area contributed by atoms with Crippen molar-refractivity contribution in [3.63, 3.8) is 0 Å². The second-order valence-electron chi connectivity index (χ2n) is 2.58. The summed E-state index contributed by atoms with van der Waals surface area (Å²) in [4.78, 5) is 8.19. The molecular formula is C6H11N3. The van der Waals surface area contributed by atoms with Gasteiger partial charge in [-0.2, -0.15) is 0 Å². The van der Waals surface area contributed by atoms with Gasteiger partial charge in [-0.1, -0.05) is 0 Å². The van der Waals surface area contributed by atoms with E-state index in [4.69, 9.17) is 5.73 Å². The molecule has 0 fully saturated rings. The van der Waals surface area contributed by atoms with E-state index in [0.717, 1.165) is 5.71 Å². The molecule has 1 aliphatic heterocycles. The fourth-order valence-electron chi connectivity index (χ4n) is 0.830. The number of hydrogen-bond donors (Lipinski definition) is 1. The molecule has 0 spiro atoms. The predicted octanol–water partition coefficient (Wildman–Crippen LogP) is 0.207. The highest BCUT2D eigenvalue weighted by Gasteiger charge is 2.17. The molecule has 0 saturated carbocycles. The van der Waals surface area contributed by atoms with Gasteiger partial charge in [0.2, 0.25) is 0 Å². The maximum atomic E-state index is 5.67. The summed E-state index contributed by atoms with van der Waals surface area (Å²) in [5, 5.41) is 0. The van der Waals surface area contributed by atoms with Crippen LogP contribution >= 0.6 is 0 Å². The highest BCUT2D eigenvalue weighted by atomic mass is 15.1. The topological polar surface area (TPSA) is 50.7 Å². The van der Waals surface area contributed by atoms with Gasteiger partial charge in [-0.3, -0.25) is 9.98 Å². The van der Waals surface area contributed by atoms with Crippen LogP contribution in [0.3, 0.4) is 0 Å². The summed E-state index contributed by atoms with van der Waals surface area (Å²) in [5.41, 5.74) is 6.12. The maximum absolute atomic E-state index is 5.67. The monoisotopic (exact) mass is 125 g/mol. The van der Waals surface area contributed by atoms with Crippen LogP contribution in [0.25, 0.3) is 0 Å². The zero-order valence-electron chi connectivity index (χ0n) is 5.76. The Bertz CT molecular complexity index is 167. The average Bonchev–Trinajstić information content (AvgIpc) is 1.60. The maximum Gasteiger partial charge on any atom is 0.125 e. The summed E-state index contributed by atoms with van der Waals surface area (Å²) in [6, 6.07) is 0. The van der Waals surface area contributed by atoms with Crippen molar-refractivity contribution in [3.8, 4) is 0 Å². The van der Waals surface area contributed by atoms with Crippen LogP contribution in [0.1, 0.15) is 13.8 Å². The van der Waals surface area contributed by atoms with Crippen molar-refractivity contribution in [1.29, 1.82) is 0 Å². The van der Waals surface area contributed by atoms with Crippen LogP contribution in [0.4, 0.5) is 0 Å². The van der Waals surface area contributed by atoms with E-state index in [2.05, 4.69) is 9.98 Å². The Labute approximate surface area is 54.7 Å². The van der Waals surface area contributed by atoms with Gasteiger partial charge in [-0.25, -0.2) is 0 Å². The Kier molecular flexibility index (Phi) is 1.37. The summed E-state index contributed by atoms with van der Waals surface area (Å²) in [6.07, 6.45) is 1.74.